The van der Waals surface area contributed by atoms with Gasteiger partial charge in [0.25, 0.3) is 0 Å². The summed E-state index contributed by atoms with van der Waals surface area (Å²) in [5.74, 6) is 1.65. The first-order chi connectivity index (χ1) is 10.9. The van der Waals surface area contributed by atoms with Gasteiger partial charge in [-0.3, -0.25) is 15.2 Å². The van der Waals surface area contributed by atoms with Crippen LogP contribution in [0, 0.1) is 13.8 Å². The van der Waals surface area contributed by atoms with E-state index in [9.17, 15) is 13.2 Å². The Balaban J connectivity index is 1.68. The molecule has 128 valence electrons. The first-order valence-corrected chi connectivity index (χ1v) is 10.1. The summed E-state index contributed by atoms with van der Waals surface area (Å²) in [6, 6.07) is -0.137. The molecule has 0 saturated carbocycles. The predicted octanol–water partition coefficient (Wildman–Crippen LogP) is -0.478. The lowest BCUT2D eigenvalue weighted by molar-refractivity contribution is -0.133. The second kappa shape index (κ2) is 6.42. The van der Waals surface area contributed by atoms with E-state index in [-0.39, 0.29) is 16.8 Å². The quantitative estimate of drug-likeness (QED) is 0.757. The molecule has 0 aromatic carbocycles. The summed E-state index contributed by atoms with van der Waals surface area (Å²) in [6.07, 6.45) is 0. The molecule has 2 aliphatic rings. The molecule has 0 aliphatic carbocycles. The van der Waals surface area contributed by atoms with Gasteiger partial charge in [0.05, 0.1) is 17.4 Å². The van der Waals surface area contributed by atoms with Gasteiger partial charge in [0.2, 0.25) is 15.9 Å². The van der Waals surface area contributed by atoms with E-state index < -0.39 is 10.0 Å². The number of H-pyrrole nitrogens is 1. The number of sulfonamides is 1. The summed E-state index contributed by atoms with van der Waals surface area (Å²) in [5.41, 5.74) is 1.03. The Kier molecular flexibility index (Phi) is 4.68. The van der Waals surface area contributed by atoms with Crippen LogP contribution < -0.4 is 5.32 Å². The van der Waals surface area contributed by atoms with Gasteiger partial charge >= 0.3 is 0 Å². The van der Waals surface area contributed by atoms with Crippen molar-refractivity contribution in [2.45, 2.75) is 24.8 Å². The van der Waals surface area contributed by atoms with Crippen LogP contribution in [0.25, 0.3) is 0 Å². The van der Waals surface area contributed by atoms with Gasteiger partial charge in [-0.1, -0.05) is 0 Å². The fourth-order valence-electron chi connectivity index (χ4n) is 2.97. The van der Waals surface area contributed by atoms with Gasteiger partial charge in [-0.05, 0) is 13.8 Å². The normalized spacial score (nSPS) is 23.4. The van der Waals surface area contributed by atoms with Crippen molar-refractivity contribution in [1.82, 2.24) is 24.7 Å². The van der Waals surface area contributed by atoms with E-state index in [0.717, 1.165) is 11.6 Å². The highest BCUT2D eigenvalue weighted by Crippen LogP contribution is 2.23. The van der Waals surface area contributed by atoms with Crippen LogP contribution in [0.1, 0.15) is 11.4 Å². The molecular weight excluding hydrogens is 338 g/mol. The minimum Gasteiger partial charge on any atom is -0.339 e. The fraction of sp³-hybridized carbons (Fsp3) is 0.692. The maximum Gasteiger partial charge on any atom is 0.246 e. The van der Waals surface area contributed by atoms with E-state index in [0.29, 0.717) is 37.6 Å². The summed E-state index contributed by atoms with van der Waals surface area (Å²) in [7, 11) is -3.57. The van der Waals surface area contributed by atoms with Crippen LogP contribution in [0.4, 0.5) is 0 Å². The minimum absolute atomic E-state index is 0.0720. The van der Waals surface area contributed by atoms with Crippen LogP contribution in [0.5, 0.6) is 0 Å². The first kappa shape index (κ1) is 16.7. The van der Waals surface area contributed by atoms with Crippen LogP contribution >= 0.6 is 11.8 Å². The summed E-state index contributed by atoms with van der Waals surface area (Å²) < 4.78 is 27.0. The molecule has 0 spiro atoms. The molecule has 3 heterocycles. The zero-order chi connectivity index (χ0) is 16.6. The van der Waals surface area contributed by atoms with Crippen molar-refractivity contribution in [2.24, 2.45) is 0 Å². The number of aromatic amines is 1. The van der Waals surface area contributed by atoms with E-state index in [2.05, 4.69) is 15.5 Å². The number of nitrogens with zero attached hydrogens (tertiary/aromatic N) is 3. The van der Waals surface area contributed by atoms with Crippen LogP contribution in [0.2, 0.25) is 0 Å². The van der Waals surface area contributed by atoms with Gasteiger partial charge < -0.3 is 4.90 Å². The molecule has 2 N–H and O–H groups in total. The molecule has 1 aromatic rings. The number of piperazine rings is 1. The largest absolute Gasteiger partial charge is 0.339 e. The summed E-state index contributed by atoms with van der Waals surface area (Å²) in [6.45, 7) is 4.87. The van der Waals surface area contributed by atoms with Gasteiger partial charge in [-0.15, -0.1) is 11.8 Å². The molecule has 1 atom stereocenters. The zero-order valence-corrected chi connectivity index (χ0v) is 14.8. The van der Waals surface area contributed by atoms with Crippen LogP contribution in [0.15, 0.2) is 4.90 Å². The average molecular weight is 359 g/mol. The molecule has 1 amide bonds. The molecule has 0 radical (unpaired) electrons. The number of hydrogen-bond donors (Lipinski definition) is 2. The molecule has 2 aliphatic heterocycles. The van der Waals surface area contributed by atoms with Crippen molar-refractivity contribution in [3.05, 3.63) is 11.4 Å². The number of amides is 1. The Bertz CT molecular complexity index is 669. The van der Waals surface area contributed by atoms with Crippen LogP contribution in [-0.4, -0.2) is 77.6 Å². The maximum atomic E-state index is 12.8. The van der Waals surface area contributed by atoms with Crippen LogP contribution in [-0.2, 0) is 14.8 Å². The highest BCUT2D eigenvalue weighted by Gasteiger charge is 2.35. The number of rotatable bonds is 3. The van der Waals surface area contributed by atoms with E-state index >= 15 is 0 Å². The third-order valence-corrected chi connectivity index (χ3v) is 7.33. The number of thioether (sulfide) groups is 1. The van der Waals surface area contributed by atoms with E-state index in [4.69, 9.17) is 0 Å². The smallest absolute Gasteiger partial charge is 0.246 e. The lowest BCUT2D eigenvalue weighted by Gasteiger charge is -2.35. The van der Waals surface area contributed by atoms with Gasteiger partial charge in [-0.2, -0.15) is 9.40 Å². The van der Waals surface area contributed by atoms with Crippen molar-refractivity contribution >= 4 is 27.7 Å². The molecule has 10 heteroatoms. The van der Waals surface area contributed by atoms with Gasteiger partial charge in [0, 0.05) is 37.8 Å². The minimum atomic E-state index is -3.57. The van der Waals surface area contributed by atoms with Crippen molar-refractivity contribution in [2.75, 3.05) is 37.8 Å². The Morgan fingerprint density at radius 3 is 2.48 bits per heavy atom. The Morgan fingerprint density at radius 1 is 1.26 bits per heavy atom. The van der Waals surface area contributed by atoms with Crippen molar-refractivity contribution < 1.29 is 13.2 Å². The lowest BCUT2D eigenvalue weighted by Crippen LogP contribution is -2.54. The molecule has 3 rings (SSSR count). The summed E-state index contributed by atoms with van der Waals surface area (Å²) >= 11 is 1.71. The number of carbonyl (C=O) groups is 1. The molecule has 1 aromatic heterocycles. The Morgan fingerprint density at radius 2 is 1.96 bits per heavy atom. The highest BCUT2D eigenvalue weighted by atomic mass is 32.2. The first-order valence-electron chi connectivity index (χ1n) is 7.53. The summed E-state index contributed by atoms with van der Waals surface area (Å²) in [5, 5.41) is 9.84. The third-order valence-electron chi connectivity index (χ3n) is 4.22. The molecule has 8 nitrogen and oxygen atoms in total. The third kappa shape index (κ3) is 3.12. The Hall–Kier alpha value is -1.10. The van der Waals surface area contributed by atoms with Crippen LogP contribution in [0.3, 0.4) is 0 Å². The molecule has 0 bridgehead atoms. The number of carbonyl (C=O) groups excluding carboxylic acids is 1. The maximum absolute atomic E-state index is 12.8. The zero-order valence-electron chi connectivity index (χ0n) is 13.2. The van der Waals surface area contributed by atoms with Crippen molar-refractivity contribution in [3.8, 4) is 0 Å². The van der Waals surface area contributed by atoms with Gasteiger partial charge in [0.15, 0.2) is 0 Å². The second-order valence-corrected chi connectivity index (χ2v) is 8.67. The Labute approximate surface area is 140 Å². The summed E-state index contributed by atoms with van der Waals surface area (Å²) in [4.78, 5) is 14.4. The van der Waals surface area contributed by atoms with Gasteiger partial charge in [0.1, 0.15) is 4.90 Å². The van der Waals surface area contributed by atoms with Crippen molar-refractivity contribution in [1.29, 1.82) is 0 Å². The molecule has 2 saturated heterocycles. The number of hydrogen-bond acceptors (Lipinski definition) is 6. The molecule has 1 unspecified atom stereocenters. The van der Waals surface area contributed by atoms with E-state index in [1.54, 1.807) is 30.5 Å². The predicted molar refractivity (Wildman–Crippen MR) is 87.6 cm³/mol. The topological polar surface area (TPSA) is 98.4 Å². The molecular formula is C13H21N5O3S2. The average Bonchev–Trinajstić information content (AvgIpc) is 3.17. The SMILES string of the molecule is Cc1n[nH]c(C)c1S(=O)(=O)N1CCN(C(=O)C2CSCN2)CC1. The monoisotopic (exact) mass is 359 g/mol. The fourth-order valence-corrected chi connectivity index (χ4v) is 5.66. The second-order valence-electron chi connectivity index (χ2n) is 5.76. The number of nitrogens with one attached hydrogen (secondary N) is 2. The van der Waals surface area contributed by atoms with Crippen molar-refractivity contribution in [3.63, 3.8) is 0 Å². The molecule has 23 heavy (non-hydrogen) atoms. The number of aromatic nitrogens is 2. The van der Waals surface area contributed by atoms with E-state index in [1.807, 2.05) is 0 Å². The standard InChI is InChI=1S/C13H21N5O3S2/c1-9-12(10(2)16-15-9)23(20,21)18-5-3-17(4-6-18)13(19)11-7-22-8-14-11/h11,14H,3-8H2,1-2H3,(H,15,16). The van der Waals surface area contributed by atoms with Gasteiger partial charge in [-0.25, -0.2) is 8.42 Å². The molecule has 2 fully saturated rings. The lowest BCUT2D eigenvalue weighted by atomic mass is 10.2. The highest BCUT2D eigenvalue weighted by molar-refractivity contribution is 7.99. The van der Waals surface area contributed by atoms with E-state index in [1.165, 1.54) is 4.31 Å². The number of aryl methyl sites for hydroxylation is 2.